The maximum atomic E-state index is 3.56. The van der Waals surface area contributed by atoms with Gasteiger partial charge in [-0.15, -0.1) is 11.3 Å². The van der Waals surface area contributed by atoms with Gasteiger partial charge < -0.3 is 0 Å². The summed E-state index contributed by atoms with van der Waals surface area (Å²) in [6, 6.07) is 6.79. The van der Waals surface area contributed by atoms with Crippen molar-refractivity contribution in [3.63, 3.8) is 0 Å². The van der Waals surface area contributed by atoms with Crippen molar-refractivity contribution in [3.05, 3.63) is 33.1 Å². The molecule has 1 aromatic heterocycles. The third-order valence-electron chi connectivity index (χ3n) is 2.47. The SMILES string of the molecule is CCc1cc2c(CC)cc(Br)cc2s1. The van der Waals surface area contributed by atoms with Crippen LogP contribution in [0.25, 0.3) is 10.1 Å². The molecule has 0 radical (unpaired) electrons. The molecule has 2 aromatic rings. The van der Waals surface area contributed by atoms with Crippen molar-refractivity contribution in [2.24, 2.45) is 0 Å². The summed E-state index contributed by atoms with van der Waals surface area (Å²) in [6.07, 6.45) is 2.25. The van der Waals surface area contributed by atoms with E-state index in [2.05, 4.69) is 48.0 Å². The quantitative estimate of drug-likeness (QED) is 0.735. The molecule has 1 aromatic carbocycles. The molecular formula is C12H13BrS. The van der Waals surface area contributed by atoms with E-state index in [1.807, 2.05) is 11.3 Å². The molecule has 0 fully saturated rings. The smallest absolute Gasteiger partial charge is 0.0359 e. The third kappa shape index (κ3) is 1.73. The molecule has 0 unspecified atom stereocenters. The Bertz CT molecular complexity index is 457. The first-order valence-corrected chi connectivity index (χ1v) is 6.56. The number of hydrogen-bond donors (Lipinski definition) is 0. The van der Waals surface area contributed by atoms with Crippen LogP contribution in [0.1, 0.15) is 24.3 Å². The lowest BCUT2D eigenvalue weighted by Crippen LogP contribution is -1.80. The molecule has 0 aliphatic heterocycles. The van der Waals surface area contributed by atoms with E-state index in [1.54, 1.807) is 0 Å². The number of hydrogen-bond acceptors (Lipinski definition) is 1. The highest BCUT2D eigenvalue weighted by Gasteiger charge is 2.05. The number of fused-ring (bicyclic) bond motifs is 1. The van der Waals surface area contributed by atoms with Gasteiger partial charge in [0.25, 0.3) is 0 Å². The molecule has 0 N–H and O–H groups in total. The van der Waals surface area contributed by atoms with E-state index in [9.17, 15) is 0 Å². The van der Waals surface area contributed by atoms with Crippen LogP contribution in [-0.2, 0) is 12.8 Å². The third-order valence-corrected chi connectivity index (χ3v) is 4.15. The lowest BCUT2D eigenvalue weighted by Gasteiger charge is -1.99. The molecule has 0 bridgehead atoms. The van der Waals surface area contributed by atoms with E-state index in [0.717, 1.165) is 12.8 Å². The van der Waals surface area contributed by atoms with Gasteiger partial charge >= 0.3 is 0 Å². The maximum absolute atomic E-state index is 3.56. The van der Waals surface area contributed by atoms with Gasteiger partial charge in [0, 0.05) is 14.0 Å². The van der Waals surface area contributed by atoms with E-state index >= 15 is 0 Å². The van der Waals surface area contributed by atoms with E-state index in [1.165, 1.54) is 25.0 Å². The van der Waals surface area contributed by atoms with Crippen molar-refractivity contribution < 1.29 is 0 Å². The Labute approximate surface area is 97.1 Å². The monoisotopic (exact) mass is 268 g/mol. The first-order chi connectivity index (χ1) is 6.74. The van der Waals surface area contributed by atoms with Crippen molar-refractivity contribution in [2.45, 2.75) is 26.7 Å². The molecule has 2 rings (SSSR count). The molecule has 0 atom stereocenters. The highest BCUT2D eigenvalue weighted by atomic mass is 79.9. The van der Waals surface area contributed by atoms with Gasteiger partial charge in [-0.05, 0) is 42.0 Å². The molecule has 0 amide bonds. The van der Waals surface area contributed by atoms with Crippen LogP contribution in [-0.4, -0.2) is 0 Å². The predicted molar refractivity (Wildman–Crippen MR) is 68.3 cm³/mol. The Balaban J connectivity index is 2.71. The summed E-state index contributed by atoms with van der Waals surface area (Å²) in [7, 11) is 0. The van der Waals surface area contributed by atoms with Gasteiger partial charge in [-0.3, -0.25) is 0 Å². The van der Waals surface area contributed by atoms with Crippen LogP contribution in [0.2, 0.25) is 0 Å². The van der Waals surface area contributed by atoms with Gasteiger partial charge in [0.1, 0.15) is 0 Å². The maximum Gasteiger partial charge on any atom is 0.0359 e. The number of rotatable bonds is 2. The van der Waals surface area contributed by atoms with Crippen molar-refractivity contribution in [1.29, 1.82) is 0 Å². The Morgan fingerprint density at radius 1 is 1.14 bits per heavy atom. The van der Waals surface area contributed by atoms with Gasteiger partial charge in [-0.1, -0.05) is 29.8 Å². The first kappa shape index (κ1) is 10.2. The van der Waals surface area contributed by atoms with Gasteiger partial charge in [0.05, 0.1) is 0 Å². The largest absolute Gasteiger partial charge is 0.140 e. The predicted octanol–water partition coefficient (Wildman–Crippen LogP) is 4.79. The lowest BCUT2D eigenvalue weighted by atomic mass is 10.1. The normalized spacial score (nSPS) is 11.1. The second kappa shape index (κ2) is 4.03. The lowest BCUT2D eigenvalue weighted by molar-refractivity contribution is 1.15. The molecule has 0 aliphatic rings. The minimum atomic E-state index is 1.11. The molecule has 0 saturated heterocycles. The van der Waals surface area contributed by atoms with Crippen LogP contribution in [0.5, 0.6) is 0 Å². The summed E-state index contributed by atoms with van der Waals surface area (Å²) in [4.78, 5) is 1.48. The van der Waals surface area contributed by atoms with Crippen LogP contribution in [0.15, 0.2) is 22.7 Å². The Morgan fingerprint density at radius 2 is 1.93 bits per heavy atom. The van der Waals surface area contributed by atoms with Crippen LogP contribution < -0.4 is 0 Å². The molecule has 0 aliphatic carbocycles. The van der Waals surface area contributed by atoms with Crippen molar-refractivity contribution in [2.75, 3.05) is 0 Å². The molecule has 0 spiro atoms. The fourth-order valence-corrected chi connectivity index (χ4v) is 3.44. The fraction of sp³-hybridized carbons (Fsp3) is 0.333. The van der Waals surface area contributed by atoms with Crippen LogP contribution in [0.3, 0.4) is 0 Å². The second-order valence-corrected chi connectivity index (χ2v) is 5.48. The number of benzene rings is 1. The van der Waals surface area contributed by atoms with Crippen molar-refractivity contribution in [1.82, 2.24) is 0 Å². The van der Waals surface area contributed by atoms with Crippen molar-refractivity contribution in [3.8, 4) is 0 Å². The minimum absolute atomic E-state index is 1.11. The average molecular weight is 269 g/mol. The Hall–Kier alpha value is -0.340. The average Bonchev–Trinajstić information content (AvgIpc) is 2.59. The zero-order chi connectivity index (χ0) is 10.1. The van der Waals surface area contributed by atoms with Crippen LogP contribution in [0, 0.1) is 0 Å². The van der Waals surface area contributed by atoms with Gasteiger partial charge in [0.15, 0.2) is 0 Å². The van der Waals surface area contributed by atoms with E-state index in [-0.39, 0.29) is 0 Å². The molecule has 1 heterocycles. The highest BCUT2D eigenvalue weighted by molar-refractivity contribution is 9.10. The number of aryl methyl sites for hydroxylation is 2. The van der Waals surface area contributed by atoms with Crippen LogP contribution >= 0.6 is 27.3 Å². The van der Waals surface area contributed by atoms with E-state index < -0.39 is 0 Å². The number of halogens is 1. The molecule has 0 saturated carbocycles. The second-order valence-electron chi connectivity index (χ2n) is 3.40. The summed E-state index contributed by atoms with van der Waals surface area (Å²) in [5, 5.41) is 1.44. The van der Waals surface area contributed by atoms with E-state index in [0.29, 0.717) is 0 Å². The summed E-state index contributed by atoms with van der Waals surface area (Å²) >= 11 is 5.47. The fourth-order valence-electron chi connectivity index (χ4n) is 1.69. The molecular weight excluding hydrogens is 256 g/mol. The van der Waals surface area contributed by atoms with Gasteiger partial charge in [-0.2, -0.15) is 0 Å². The number of thiophene rings is 1. The summed E-state index contributed by atoms with van der Waals surface area (Å²) in [5.41, 5.74) is 1.45. The van der Waals surface area contributed by atoms with Gasteiger partial charge in [0.2, 0.25) is 0 Å². The summed E-state index contributed by atoms with van der Waals surface area (Å²) < 4.78 is 2.61. The Morgan fingerprint density at radius 3 is 2.57 bits per heavy atom. The summed E-state index contributed by atoms with van der Waals surface area (Å²) in [6.45, 7) is 4.43. The molecule has 74 valence electrons. The minimum Gasteiger partial charge on any atom is -0.140 e. The molecule has 0 nitrogen and oxygen atoms in total. The van der Waals surface area contributed by atoms with Gasteiger partial charge in [-0.25, -0.2) is 0 Å². The van der Waals surface area contributed by atoms with Crippen molar-refractivity contribution >= 4 is 37.4 Å². The first-order valence-electron chi connectivity index (χ1n) is 4.95. The highest BCUT2D eigenvalue weighted by Crippen LogP contribution is 2.32. The Kier molecular flexibility index (Phi) is 2.93. The standard InChI is InChI=1S/C12H13BrS/c1-3-8-5-9(13)6-12-11(8)7-10(4-2)14-12/h5-7H,3-4H2,1-2H3. The zero-order valence-corrected chi connectivity index (χ0v) is 10.8. The molecule has 14 heavy (non-hydrogen) atoms. The topological polar surface area (TPSA) is 0 Å². The van der Waals surface area contributed by atoms with E-state index in [4.69, 9.17) is 0 Å². The molecule has 2 heteroatoms. The van der Waals surface area contributed by atoms with Crippen LogP contribution in [0.4, 0.5) is 0 Å². The summed E-state index contributed by atoms with van der Waals surface area (Å²) in [5.74, 6) is 0. The zero-order valence-electron chi connectivity index (χ0n) is 8.43.